The second kappa shape index (κ2) is 10.2. The molecule has 3 nitrogen and oxygen atoms in total. The zero-order chi connectivity index (χ0) is 31.8. The zero-order valence-corrected chi connectivity index (χ0v) is 26.7. The molecule has 1 unspecified atom stereocenters. The number of hydrogen-bond acceptors (Lipinski definition) is 3. The third-order valence-corrected chi connectivity index (χ3v) is 9.91. The standard InChI is InChI=1S/C44H33N3/c1-43(2,3)31-23-25-35-33-19-11-13-21-37(33)44(39(35)27-31)36-20-12-10-18-32(36)34-24-22-30(26-38(34)44)42-46-40(28-14-6-4-7-15-28)45-41(47-42)29-16-8-5-9-17-29/h4-27H,1-3H3. The van der Waals surface area contributed by atoms with Crippen LogP contribution in [0.5, 0.6) is 0 Å². The van der Waals surface area contributed by atoms with Crippen LogP contribution in [0.25, 0.3) is 56.4 Å². The minimum absolute atomic E-state index is 0.0142. The summed E-state index contributed by atoms with van der Waals surface area (Å²) in [5, 5.41) is 0. The fourth-order valence-corrected chi connectivity index (χ4v) is 7.68. The molecule has 1 aromatic heterocycles. The summed E-state index contributed by atoms with van der Waals surface area (Å²) in [5.74, 6) is 2.00. The van der Waals surface area contributed by atoms with Gasteiger partial charge in [0.2, 0.25) is 0 Å². The van der Waals surface area contributed by atoms with Crippen LogP contribution in [0.1, 0.15) is 48.6 Å². The van der Waals surface area contributed by atoms with Gasteiger partial charge in [-0.25, -0.2) is 15.0 Å². The van der Waals surface area contributed by atoms with E-state index in [-0.39, 0.29) is 5.41 Å². The molecule has 0 saturated heterocycles. The van der Waals surface area contributed by atoms with Gasteiger partial charge < -0.3 is 0 Å². The van der Waals surface area contributed by atoms with Gasteiger partial charge in [-0.15, -0.1) is 0 Å². The largest absolute Gasteiger partial charge is 0.208 e. The van der Waals surface area contributed by atoms with Gasteiger partial charge in [-0.05, 0) is 61.6 Å². The van der Waals surface area contributed by atoms with Gasteiger partial charge in [0.15, 0.2) is 17.5 Å². The van der Waals surface area contributed by atoms with Crippen LogP contribution in [-0.4, -0.2) is 15.0 Å². The average Bonchev–Trinajstić information content (AvgIpc) is 3.58. The maximum Gasteiger partial charge on any atom is 0.164 e. The molecule has 1 heterocycles. The first-order chi connectivity index (χ1) is 22.9. The minimum Gasteiger partial charge on any atom is -0.208 e. The van der Waals surface area contributed by atoms with E-state index >= 15 is 0 Å². The van der Waals surface area contributed by atoms with E-state index in [4.69, 9.17) is 15.0 Å². The summed E-state index contributed by atoms with van der Waals surface area (Å²) in [6.45, 7) is 6.90. The molecular weight excluding hydrogens is 571 g/mol. The number of nitrogens with zero attached hydrogens (tertiary/aromatic N) is 3. The Hall–Kier alpha value is -5.67. The van der Waals surface area contributed by atoms with Gasteiger partial charge in [0.25, 0.3) is 0 Å². The van der Waals surface area contributed by atoms with Crippen molar-refractivity contribution in [1.82, 2.24) is 15.0 Å². The van der Waals surface area contributed by atoms with Crippen molar-refractivity contribution in [3.05, 3.63) is 173 Å². The van der Waals surface area contributed by atoms with E-state index < -0.39 is 5.41 Å². The summed E-state index contributed by atoms with van der Waals surface area (Å²) in [5.41, 5.74) is 14.2. The van der Waals surface area contributed by atoms with Crippen LogP contribution < -0.4 is 0 Å². The SMILES string of the molecule is CC(C)(C)c1ccc2c(c1)C1(c3ccccc3-c3ccc(-c4nc(-c5ccccc5)nc(-c5ccccc5)n4)cc31)c1ccccc1-2. The summed E-state index contributed by atoms with van der Waals surface area (Å²) < 4.78 is 0. The lowest BCUT2D eigenvalue weighted by Crippen LogP contribution is -2.26. The molecule has 47 heavy (non-hydrogen) atoms. The predicted molar refractivity (Wildman–Crippen MR) is 191 cm³/mol. The molecule has 0 aliphatic heterocycles. The highest BCUT2D eigenvalue weighted by Gasteiger charge is 2.52. The van der Waals surface area contributed by atoms with E-state index in [1.807, 2.05) is 36.4 Å². The Kier molecular flexibility index (Phi) is 5.98. The molecule has 1 atom stereocenters. The van der Waals surface area contributed by atoms with Crippen LogP contribution in [0.3, 0.4) is 0 Å². The number of hydrogen-bond donors (Lipinski definition) is 0. The minimum atomic E-state index is -0.452. The van der Waals surface area contributed by atoms with Crippen LogP contribution in [0.4, 0.5) is 0 Å². The van der Waals surface area contributed by atoms with E-state index in [2.05, 4.69) is 130 Å². The van der Waals surface area contributed by atoms with Gasteiger partial charge >= 0.3 is 0 Å². The van der Waals surface area contributed by atoms with E-state index in [1.54, 1.807) is 0 Å². The van der Waals surface area contributed by atoms with Crippen LogP contribution in [0.2, 0.25) is 0 Å². The summed E-state index contributed by atoms with van der Waals surface area (Å²) in [7, 11) is 0. The number of benzene rings is 6. The highest BCUT2D eigenvalue weighted by Crippen LogP contribution is 2.63. The first-order valence-corrected chi connectivity index (χ1v) is 16.3. The van der Waals surface area contributed by atoms with Crippen LogP contribution in [0, 0.1) is 0 Å². The normalized spacial score (nSPS) is 15.6. The maximum atomic E-state index is 5.10. The molecule has 224 valence electrons. The molecular formula is C44H33N3. The highest BCUT2D eigenvalue weighted by atomic mass is 15.0. The van der Waals surface area contributed by atoms with Gasteiger partial charge in [0, 0.05) is 16.7 Å². The van der Waals surface area contributed by atoms with E-state index in [0.29, 0.717) is 17.5 Å². The summed E-state index contributed by atoms with van der Waals surface area (Å²) >= 11 is 0. The summed E-state index contributed by atoms with van der Waals surface area (Å²) in [4.78, 5) is 15.1. The second-order valence-corrected chi connectivity index (χ2v) is 13.7. The second-order valence-electron chi connectivity index (χ2n) is 13.7. The molecule has 7 aromatic rings. The van der Waals surface area contributed by atoms with Gasteiger partial charge in [0.05, 0.1) is 5.41 Å². The predicted octanol–water partition coefficient (Wildman–Crippen LogP) is 10.5. The molecule has 3 heteroatoms. The Morgan fingerprint density at radius 1 is 0.383 bits per heavy atom. The van der Waals surface area contributed by atoms with Gasteiger partial charge in [-0.3, -0.25) is 0 Å². The van der Waals surface area contributed by atoms with Crippen molar-refractivity contribution in [3.63, 3.8) is 0 Å². The van der Waals surface area contributed by atoms with Crippen LogP contribution >= 0.6 is 0 Å². The molecule has 0 radical (unpaired) electrons. The van der Waals surface area contributed by atoms with Crippen molar-refractivity contribution in [2.75, 3.05) is 0 Å². The molecule has 1 spiro atoms. The lowest BCUT2D eigenvalue weighted by atomic mass is 9.69. The van der Waals surface area contributed by atoms with Crippen molar-refractivity contribution < 1.29 is 0 Å². The lowest BCUT2D eigenvalue weighted by Gasteiger charge is -2.32. The van der Waals surface area contributed by atoms with Gasteiger partial charge in [-0.1, -0.05) is 160 Å². The number of rotatable bonds is 3. The Labute approximate surface area is 275 Å². The molecule has 6 aromatic carbocycles. The third kappa shape index (κ3) is 4.09. The molecule has 2 aliphatic rings. The van der Waals surface area contributed by atoms with Gasteiger partial charge in [-0.2, -0.15) is 0 Å². The summed E-state index contributed by atoms with van der Waals surface area (Å²) in [6.07, 6.45) is 0. The average molecular weight is 604 g/mol. The molecule has 0 saturated carbocycles. The van der Waals surface area contributed by atoms with Crippen molar-refractivity contribution in [2.45, 2.75) is 31.6 Å². The van der Waals surface area contributed by atoms with Crippen LogP contribution in [0.15, 0.2) is 146 Å². The fourth-order valence-electron chi connectivity index (χ4n) is 7.68. The Morgan fingerprint density at radius 2 is 0.809 bits per heavy atom. The van der Waals surface area contributed by atoms with E-state index in [0.717, 1.165) is 16.7 Å². The van der Waals surface area contributed by atoms with E-state index in [9.17, 15) is 0 Å². The smallest absolute Gasteiger partial charge is 0.164 e. The molecule has 0 bridgehead atoms. The van der Waals surface area contributed by atoms with E-state index in [1.165, 1.54) is 50.1 Å². The zero-order valence-electron chi connectivity index (χ0n) is 26.7. The van der Waals surface area contributed by atoms with Crippen molar-refractivity contribution in [2.24, 2.45) is 0 Å². The fraction of sp³-hybridized carbons (Fsp3) is 0.114. The summed E-state index contributed by atoms with van der Waals surface area (Å²) in [6, 6.07) is 52.2. The number of aromatic nitrogens is 3. The van der Waals surface area contributed by atoms with Crippen molar-refractivity contribution >= 4 is 0 Å². The molecule has 0 fully saturated rings. The molecule has 2 aliphatic carbocycles. The van der Waals surface area contributed by atoms with Gasteiger partial charge in [0.1, 0.15) is 0 Å². The topological polar surface area (TPSA) is 38.7 Å². The monoisotopic (exact) mass is 603 g/mol. The Morgan fingerprint density at radius 3 is 1.34 bits per heavy atom. The first kappa shape index (κ1) is 27.6. The van der Waals surface area contributed by atoms with Crippen LogP contribution in [-0.2, 0) is 10.8 Å². The first-order valence-electron chi connectivity index (χ1n) is 16.3. The Balaban J connectivity index is 1.33. The Bertz CT molecular complexity index is 2260. The quantitative estimate of drug-likeness (QED) is 0.202. The lowest BCUT2D eigenvalue weighted by molar-refractivity contribution is 0.588. The number of fused-ring (bicyclic) bond motifs is 10. The molecule has 0 N–H and O–H groups in total. The molecule has 9 rings (SSSR count). The third-order valence-electron chi connectivity index (χ3n) is 9.91. The van der Waals surface area contributed by atoms with Crippen molar-refractivity contribution in [1.29, 1.82) is 0 Å². The maximum absolute atomic E-state index is 5.10. The molecule has 0 amide bonds. The highest BCUT2D eigenvalue weighted by molar-refractivity contribution is 5.96. The van der Waals surface area contributed by atoms with Crippen molar-refractivity contribution in [3.8, 4) is 56.4 Å².